The summed E-state index contributed by atoms with van der Waals surface area (Å²) in [6.45, 7) is 8.88. The van der Waals surface area contributed by atoms with E-state index in [4.69, 9.17) is 4.74 Å². The van der Waals surface area contributed by atoms with Crippen LogP contribution < -0.4 is 10.1 Å². The lowest BCUT2D eigenvalue weighted by atomic mass is 9.92. The van der Waals surface area contributed by atoms with E-state index in [1.54, 1.807) is 7.11 Å². The van der Waals surface area contributed by atoms with E-state index in [2.05, 4.69) is 25.2 Å². The van der Waals surface area contributed by atoms with Gasteiger partial charge >= 0.3 is 0 Å². The van der Waals surface area contributed by atoms with Gasteiger partial charge in [-0.3, -0.25) is 4.79 Å². The summed E-state index contributed by atoms with van der Waals surface area (Å²) in [5, 5.41) is 3.10. The average Bonchev–Trinajstić information content (AvgIpc) is 2.67. The Kier molecular flexibility index (Phi) is 7.70. The zero-order chi connectivity index (χ0) is 21.9. The molecule has 164 valence electrons. The van der Waals surface area contributed by atoms with Crippen LogP contribution in [0.2, 0.25) is 0 Å². The van der Waals surface area contributed by atoms with E-state index in [9.17, 15) is 13.2 Å². The van der Waals surface area contributed by atoms with Crippen molar-refractivity contribution in [1.29, 1.82) is 0 Å². The topological polar surface area (TPSA) is 79.0 Å². The van der Waals surface area contributed by atoms with Gasteiger partial charge in [-0.2, -0.15) is 17.0 Å². The van der Waals surface area contributed by atoms with Gasteiger partial charge in [-0.05, 0) is 61.4 Å². The number of methoxy groups -OCH3 is 1. The summed E-state index contributed by atoms with van der Waals surface area (Å²) in [4.78, 5) is 12.9. The molecule has 1 fully saturated rings. The van der Waals surface area contributed by atoms with Crippen molar-refractivity contribution in [3.05, 3.63) is 28.8 Å². The molecule has 1 saturated heterocycles. The minimum atomic E-state index is -3.50. The van der Waals surface area contributed by atoms with E-state index in [-0.39, 0.29) is 24.4 Å². The zero-order valence-corrected chi connectivity index (χ0v) is 19.5. The molecule has 0 unspecified atom stereocenters. The van der Waals surface area contributed by atoms with Crippen LogP contribution in [0.25, 0.3) is 0 Å². The Labute approximate surface area is 175 Å². The number of aryl methyl sites for hydroxylation is 1. The van der Waals surface area contributed by atoms with Crippen molar-refractivity contribution in [3.63, 3.8) is 0 Å². The van der Waals surface area contributed by atoms with Crippen LogP contribution in [-0.4, -0.2) is 57.2 Å². The van der Waals surface area contributed by atoms with Gasteiger partial charge in [-0.15, -0.1) is 0 Å². The molecule has 1 aromatic rings. The fourth-order valence-corrected chi connectivity index (χ4v) is 5.01. The molecule has 0 spiro atoms. The van der Waals surface area contributed by atoms with Crippen LogP contribution in [0.1, 0.15) is 62.3 Å². The molecular formula is C21H35N3O4S. The summed E-state index contributed by atoms with van der Waals surface area (Å²) in [6.07, 6.45) is 1.37. The van der Waals surface area contributed by atoms with Gasteiger partial charge in [0.2, 0.25) is 5.91 Å². The van der Waals surface area contributed by atoms with Crippen molar-refractivity contribution in [3.8, 4) is 5.75 Å². The highest BCUT2D eigenvalue weighted by Gasteiger charge is 2.34. The number of carbonyl (C=O) groups excluding carboxylic acids is 1. The normalized spacial score (nSPS) is 19.4. The fraction of sp³-hybridized carbons (Fsp3) is 0.667. The maximum Gasteiger partial charge on any atom is 0.281 e. The third kappa shape index (κ3) is 5.29. The second kappa shape index (κ2) is 9.45. The maximum atomic E-state index is 12.9. The molecule has 2 rings (SSSR count). The molecule has 0 aromatic heterocycles. The Hall–Kier alpha value is -1.64. The predicted molar refractivity (Wildman–Crippen MR) is 115 cm³/mol. The molecule has 0 saturated carbocycles. The van der Waals surface area contributed by atoms with Gasteiger partial charge in [0.15, 0.2) is 0 Å². The Balaban J connectivity index is 2.15. The number of ether oxygens (including phenoxy) is 1. The summed E-state index contributed by atoms with van der Waals surface area (Å²) in [5.41, 5.74) is 3.21. The first-order valence-corrected chi connectivity index (χ1v) is 11.5. The highest BCUT2D eigenvalue weighted by Crippen LogP contribution is 2.32. The molecule has 0 bridgehead atoms. The van der Waals surface area contributed by atoms with Gasteiger partial charge in [0, 0.05) is 27.2 Å². The summed E-state index contributed by atoms with van der Waals surface area (Å²) in [7, 11) is 1.19. The zero-order valence-electron chi connectivity index (χ0n) is 18.7. The van der Waals surface area contributed by atoms with Gasteiger partial charge in [0.05, 0.1) is 19.1 Å². The van der Waals surface area contributed by atoms with E-state index in [0.717, 1.165) is 22.4 Å². The van der Waals surface area contributed by atoms with Gasteiger partial charge in [-0.1, -0.05) is 13.8 Å². The second-order valence-corrected chi connectivity index (χ2v) is 10.5. The summed E-state index contributed by atoms with van der Waals surface area (Å²) < 4.78 is 32.9. The third-order valence-corrected chi connectivity index (χ3v) is 7.52. The van der Waals surface area contributed by atoms with E-state index in [0.29, 0.717) is 25.3 Å². The standard InChI is InChI=1S/C21H35N3O4S/c1-14(2)18-12-19(15(3)11-20(18)28-7)16(4)22-21(25)17-9-8-10-24(13-17)29(26,27)23(5)6/h11-12,14,16-17H,8-10,13H2,1-7H3,(H,22,25)/t16-,17-/m0/s1. The molecule has 1 heterocycles. The largest absolute Gasteiger partial charge is 0.496 e. The highest BCUT2D eigenvalue weighted by atomic mass is 32.2. The molecule has 8 heteroatoms. The van der Waals surface area contributed by atoms with Gasteiger partial charge in [0.1, 0.15) is 5.75 Å². The van der Waals surface area contributed by atoms with E-state index in [1.807, 2.05) is 19.9 Å². The summed E-state index contributed by atoms with van der Waals surface area (Å²) >= 11 is 0. The number of nitrogens with one attached hydrogen (secondary N) is 1. The molecule has 1 aliphatic rings. The number of hydrogen-bond acceptors (Lipinski definition) is 4. The highest BCUT2D eigenvalue weighted by molar-refractivity contribution is 7.86. The Morgan fingerprint density at radius 3 is 2.45 bits per heavy atom. The number of rotatable bonds is 7. The number of piperidine rings is 1. The van der Waals surface area contributed by atoms with Crippen LogP contribution >= 0.6 is 0 Å². The van der Waals surface area contributed by atoms with Crippen molar-refractivity contribution >= 4 is 16.1 Å². The maximum absolute atomic E-state index is 12.9. The quantitative estimate of drug-likeness (QED) is 0.729. The number of nitrogens with zero attached hydrogens (tertiary/aromatic N) is 2. The minimum Gasteiger partial charge on any atom is -0.496 e. The molecule has 1 aromatic carbocycles. The lowest BCUT2D eigenvalue weighted by Gasteiger charge is -2.33. The molecule has 1 amide bonds. The smallest absolute Gasteiger partial charge is 0.281 e. The van der Waals surface area contributed by atoms with Crippen LogP contribution in [0.4, 0.5) is 0 Å². The van der Waals surface area contributed by atoms with Crippen LogP contribution in [-0.2, 0) is 15.0 Å². The first-order valence-electron chi connectivity index (χ1n) is 10.1. The van der Waals surface area contributed by atoms with Crippen LogP contribution in [0, 0.1) is 12.8 Å². The Morgan fingerprint density at radius 1 is 1.24 bits per heavy atom. The van der Waals surface area contributed by atoms with Crippen LogP contribution in [0.15, 0.2) is 12.1 Å². The Bertz CT molecular complexity index is 837. The number of hydrogen-bond donors (Lipinski definition) is 1. The summed E-state index contributed by atoms with van der Waals surface area (Å²) in [5.74, 6) is 0.716. The summed E-state index contributed by atoms with van der Waals surface area (Å²) in [6, 6.07) is 3.94. The van der Waals surface area contributed by atoms with E-state index < -0.39 is 10.2 Å². The van der Waals surface area contributed by atoms with E-state index >= 15 is 0 Å². The van der Waals surface area contributed by atoms with Crippen LogP contribution in [0.5, 0.6) is 5.75 Å². The average molecular weight is 426 g/mol. The first kappa shape index (κ1) is 23.6. The van der Waals surface area contributed by atoms with Crippen molar-refractivity contribution in [2.75, 3.05) is 34.3 Å². The fourth-order valence-electron chi connectivity index (χ4n) is 3.82. The minimum absolute atomic E-state index is 0.0996. The lowest BCUT2D eigenvalue weighted by molar-refractivity contribution is -0.126. The molecule has 1 aliphatic heterocycles. The molecular weight excluding hydrogens is 390 g/mol. The second-order valence-electron chi connectivity index (χ2n) is 8.32. The Morgan fingerprint density at radius 2 is 1.90 bits per heavy atom. The lowest BCUT2D eigenvalue weighted by Crippen LogP contribution is -2.49. The molecule has 2 atom stereocenters. The van der Waals surface area contributed by atoms with Crippen LogP contribution in [0.3, 0.4) is 0 Å². The molecule has 1 N–H and O–H groups in total. The van der Waals surface area contributed by atoms with Crippen molar-refractivity contribution in [2.45, 2.75) is 52.5 Å². The SMILES string of the molecule is COc1cc(C)c([C@H](C)NC(=O)[C@H]2CCCN(S(=O)(=O)N(C)C)C2)cc1C(C)C. The number of benzene rings is 1. The van der Waals surface area contributed by atoms with Crippen molar-refractivity contribution in [1.82, 2.24) is 13.9 Å². The predicted octanol–water partition coefficient (Wildman–Crippen LogP) is 2.82. The van der Waals surface area contributed by atoms with E-state index in [1.165, 1.54) is 22.7 Å². The third-order valence-electron chi connectivity index (χ3n) is 5.61. The molecule has 0 radical (unpaired) electrons. The molecule has 7 nitrogen and oxygen atoms in total. The van der Waals surface area contributed by atoms with Gasteiger partial charge in [0.25, 0.3) is 10.2 Å². The van der Waals surface area contributed by atoms with Gasteiger partial charge in [-0.25, -0.2) is 0 Å². The van der Waals surface area contributed by atoms with Gasteiger partial charge < -0.3 is 10.1 Å². The molecule has 29 heavy (non-hydrogen) atoms. The monoisotopic (exact) mass is 425 g/mol. The number of amides is 1. The van der Waals surface area contributed by atoms with Crippen molar-refractivity contribution in [2.24, 2.45) is 5.92 Å². The van der Waals surface area contributed by atoms with Crippen molar-refractivity contribution < 1.29 is 17.9 Å². The molecule has 0 aliphatic carbocycles. The first-order chi connectivity index (χ1) is 13.5. The number of carbonyl (C=O) groups is 1.